The van der Waals surface area contributed by atoms with Gasteiger partial charge in [-0.2, -0.15) is 13.1 Å². The lowest BCUT2D eigenvalue weighted by atomic mass is 9.93. The molecule has 4 rings (SSSR count). The molecule has 0 aliphatic rings. The average Bonchev–Trinajstić information content (AvgIpc) is 3.41. The SMILES string of the molecule is Cc1ccc(NS(=O)Oc2cc(Cl)c(Cl)cc2Cl)cc1OS(=O)NC(C)c1nnc2cc(C(C)(C)C)[nH]n12. The summed E-state index contributed by atoms with van der Waals surface area (Å²) >= 11 is 14.0. The molecule has 0 radical (unpaired) electrons. The molecular formula is C23H25Cl3N6O4S2. The highest BCUT2D eigenvalue weighted by atomic mass is 35.5. The minimum atomic E-state index is -2.03. The molecule has 0 aliphatic heterocycles. The van der Waals surface area contributed by atoms with Gasteiger partial charge in [-0.05, 0) is 31.5 Å². The van der Waals surface area contributed by atoms with Crippen LogP contribution < -0.4 is 17.8 Å². The number of aromatic amines is 1. The largest absolute Gasteiger partial charge is 0.389 e. The molecule has 38 heavy (non-hydrogen) atoms. The van der Waals surface area contributed by atoms with Crippen LogP contribution in [0.25, 0.3) is 5.65 Å². The number of fused-ring (bicyclic) bond motifs is 1. The van der Waals surface area contributed by atoms with Gasteiger partial charge in [0, 0.05) is 29.3 Å². The molecule has 0 amide bonds. The molecule has 0 aliphatic carbocycles. The van der Waals surface area contributed by atoms with Gasteiger partial charge >= 0.3 is 11.3 Å². The second-order valence-corrected chi connectivity index (χ2v) is 12.4. The fourth-order valence-corrected chi connectivity index (χ4v) is 5.35. The van der Waals surface area contributed by atoms with Crippen LogP contribution in [0.2, 0.25) is 15.1 Å². The maximum Gasteiger partial charge on any atom is 0.316 e. The molecule has 0 saturated heterocycles. The number of halogens is 3. The Morgan fingerprint density at radius 2 is 1.63 bits per heavy atom. The molecule has 0 spiro atoms. The summed E-state index contributed by atoms with van der Waals surface area (Å²) in [7, 11) is 0. The Morgan fingerprint density at radius 1 is 0.947 bits per heavy atom. The number of nitrogens with one attached hydrogen (secondary N) is 3. The lowest BCUT2D eigenvalue weighted by molar-refractivity contribution is 0.522. The summed E-state index contributed by atoms with van der Waals surface area (Å²) in [6.07, 6.45) is 0. The number of aryl methyl sites for hydroxylation is 1. The van der Waals surface area contributed by atoms with E-state index in [-0.39, 0.29) is 26.2 Å². The number of rotatable bonds is 9. The van der Waals surface area contributed by atoms with E-state index in [9.17, 15) is 8.42 Å². The Hall–Kier alpha value is -2.35. The summed E-state index contributed by atoms with van der Waals surface area (Å²) in [5, 5.41) is 12.3. The molecule has 2 heterocycles. The predicted octanol–water partition coefficient (Wildman–Crippen LogP) is 6.00. The molecule has 4 aromatic rings. The van der Waals surface area contributed by atoms with E-state index in [0.717, 1.165) is 5.69 Å². The lowest BCUT2D eigenvalue weighted by Gasteiger charge is -2.16. The van der Waals surface area contributed by atoms with E-state index >= 15 is 0 Å². The van der Waals surface area contributed by atoms with Gasteiger partial charge in [-0.25, -0.2) is 4.52 Å². The highest BCUT2D eigenvalue weighted by molar-refractivity contribution is 7.82. The van der Waals surface area contributed by atoms with Gasteiger partial charge in [-0.1, -0.05) is 61.6 Å². The quantitative estimate of drug-likeness (QED) is 0.198. The maximum absolute atomic E-state index is 12.8. The number of anilines is 1. The van der Waals surface area contributed by atoms with Crippen LogP contribution in [0.5, 0.6) is 11.5 Å². The van der Waals surface area contributed by atoms with Crippen LogP contribution in [-0.2, 0) is 27.9 Å². The van der Waals surface area contributed by atoms with Crippen molar-refractivity contribution in [2.75, 3.05) is 4.72 Å². The van der Waals surface area contributed by atoms with Gasteiger partial charge in [0.15, 0.2) is 17.2 Å². The van der Waals surface area contributed by atoms with E-state index in [1.807, 2.05) is 6.07 Å². The third-order valence-corrected chi connectivity index (χ3v) is 8.01. The monoisotopic (exact) mass is 618 g/mol. The summed E-state index contributed by atoms with van der Waals surface area (Å²) in [6.45, 7) is 9.86. The summed E-state index contributed by atoms with van der Waals surface area (Å²) in [4.78, 5) is 0. The van der Waals surface area contributed by atoms with Gasteiger partial charge in [0.25, 0.3) is 11.3 Å². The van der Waals surface area contributed by atoms with Crippen molar-refractivity contribution in [2.24, 2.45) is 0 Å². The van der Waals surface area contributed by atoms with Gasteiger partial charge in [-0.15, -0.1) is 10.2 Å². The molecule has 2 aromatic heterocycles. The number of benzene rings is 2. The van der Waals surface area contributed by atoms with Crippen molar-refractivity contribution in [1.82, 2.24) is 24.5 Å². The summed E-state index contributed by atoms with van der Waals surface area (Å²) < 4.78 is 43.6. The number of nitrogens with zero attached hydrogens (tertiary/aromatic N) is 3. The van der Waals surface area contributed by atoms with Crippen LogP contribution in [0.4, 0.5) is 5.69 Å². The van der Waals surface area contributed by atoms with Gasteiger partial charge in [0.05, 0.1) is 26.8 Å². The third-order valence-electron chi connectivity index (χ3n) is 5.38. The smallest absolute Gasteiger partial charge is 0.316 e. The first-order valence-electron chi connectivity index (χ1n) is 11.2. The second-order valence-electron chi connectivity index (χ2n) is 9.43. The second kappa shape index (κ2) is 11.4. The summed E-state index contributed by atoms with van der Waals surface area (Å²) in [5.41, 5.74) is 2.67. The zero-order valence-electron chi connectivity index (χ0n) is 21.0. The molecule has 15 heteroatoms. The number of hydrogen-bond acceptors (Lipinski definition) is 6. The summed E-state index contributed by atoms with van der Waals surface area (Å²) in [6, 6.07) is 9.17. The Morgan fingerprint density at radius 3 is 2.34 bits per heavy atom. The van der Waals surface area contributed by atoms with Gasteiger partial charge in [0.2, 0.25) is 0 Å². The Kier molecular flexibility index (Phi) is 8.60. The molecule has 10 nitrogen and oxygen atoms in total. The topological polar surface area (TPSA) is 123 Å². The molecule has 2 aromatic carbocycles. The van der Waals surface area contributed by atoms with Crippen LogP contribution in [0.1, 0.15) is 50.8 Å². The van der Waals surface area contributed by atoms with E-state index in [4.69, 9.17) is 43.2 Å². The van der Waals surface area contributed by atoms with Crippen LogP contribution >= 0.6 is 34.8 Å². The molecule has 0 bridgehead atoms. The zero-order valence-corrected chi connectivity index (χ0v) is 24.9. The van der Waals surface area contributed by atoms with Crippen molar-refractivity contribution in [3.05, 3.63) is 68.5 Å². The van der Waals surface area contributed by atoms with Crippen LogP contribution in [-0.4, -0.2) is 28.2 Å². The molecule has 3 atom stereocenters. The lowest BCUT2D eigenvalue weighted by Crippen LogP contribution is -2.27. The van der Waals surface area contributed by atoms with E-state index in [1.165, 1.54) is 12.1 Å². The Bertz CT molecular complexity index is 1540. The van der Waals surface area contributed by atoms with Gasteiger partial charge in [-0.3, -0.25) is 9.82 Å². The van der Waals surface area contributed by atoms with Crippen molar-refractivity contribution >= 4 is 68.7 Å². The third kappa shape index (κ3) is 6.61. The first-order valence-corrected chi connectivity index (χ1v) is 14.5. The number of hydrogen-bond donors (Lipinski definition) is 3. The van der Waals surface area contributed by atoms with Crippen molar-refractivity contribution in [1.29, 1.82) is 0 Å². The van der Waals surface area contributed by atoms with Crippen molar-refractivity contribution in [3.63, 3.8) is 0 Å². The minimum Gasteiger partial charge on any atom is -0.389 e. The number of H-pyrrole nitrogens is 1. The Labute approximate surface area is 239 Å². The highest BCUT2D eigenvalue weighted by Gasteiger charge is 2.22. The predicted molar refractivity (Wildman–Crippen MR) is 151 cm³/mol. The fourth-order valence-electron chi connectivity index (χ4n) is 3.29. The van der Waals surface area contributed by atoms with Crippen LogP contribution in [0, 0.1) is 6.92 Å². The first-order chi connectivity index (χ1) is 17.8. The van der Waals surface area contributed by atoms with Gasteiger partial charge < -0.3 is 8.37 Å². The molecule has 204 valence electrons. The average molecular weight is 620 g/mol. The minimum absolute atomic E-state index is 0.0917. The maximum atomic E-state index is 12.8. The highest BCUT2D eigenvalue weighted by Crippen LogP contribution is 2.34. The Balaban J connectivity index is 1.41. The van der Waals surface area contributed by atoms with Crippen LogP contribution in [0.3, 0.4) is 0 Å². The normalized spacial score (nSPS) is 14.3. The van der Waals surface area contributed by atoms with Gasteiger partial charge in [0.1, 0.15) is 5.75 Å². The molecule has 3 N–H and O–H groups in total. The van der Waals surface area contributed by atoms with E-state index < -0.39 is 28.6 Å². The van der Waals surface area contributed by atoms with Crippen molar-refractivity contribution < 1.29 is 16.8 Å². The molecule has 0 saturated carbocycles. The van der Waals surface area contributed by atoms with E-state index in [1.54, 1.807) is 36.6 Å². The standard InChI is InChI=1S/C23H25Cl3N6O4S2/c1-12-6-7-14(31-38(34)36-19-10-16(25)15(24)9-17(19)26)8-18(12)35-37(33)30-13(2)22-28-27-21-11-20(23(3,4)5)29-32(21)22/h6-11,13,29-31H,1-5H3. The first kappa shape index (κ1) is 28.7. The van der Waals surface area contributed by atoms with E-state index in [0.29, 0.717) is 28.5 Å². The van der Waals surface area contributed by atoms with E-state index in [2.05, 4.69) is 45.5 Å². The zero-order chi connectivity index (χ0) is 27.8. The molecule has 0 fully saturated rings. The van der Waals surface area contributed by atoms with Crippen molar-refractivity contribution in [2.45, 2.75) is 46.1 Å². The fraction of sp³-hybridized carbons (Fsp3) is 0.304. The summed E-state index contributed by atoms with van der Waals surface area (Å²) in [5.74, 6) is 0.945. The van der Waals surface area contributed by atoms with Crippen LogP contribution in [0.15, 0.2) is 36.4 Å². The van der Waals surface area contributed by atoms with Crippen molar-refractivity contribution in [3.8, 4) is 11.5 Å². The molecular weight excluding hydrogens is 595 g/mol. The molecule has 3 unspecified atom stereocenters. The number of aromatic nitrogens is 4.